The van der Waals surface area contributed by atoms with Gasteiger partial charge in [0.2, 0.25) is 5.95 Å². The van der Waals surface area contributed by atoms with Gasteiger partial charge in [-0.1, -0.05) is 0 Å². The van der Waals surface area contributed by atoms with Crippen LogP contribution in [0.15, 0.2) is 12.4 Å². The topological polar surface area (TPSA) is 33.1 Å². The molecule has 0 saturated carbocycles. The molecule has 0 aliphatic carbocycles. The summed E-state index contributed by atoms with van der Waals surface area (Å²) in [5, 5.41) is 3.37. The summed E-state index contributed by atoms with van der Waals surface area (Å²) in [5.41, 5.74) is 0. The highest BCUT2D eigenvalue weighted by Gasteiger charge is 2.05. The van der Waals surface area contributed by atoms with Gasteiger partial charge in [-0.15, -0.1) is 0 Å². The van der Waals surface area contributed by atoms with Gasteiger partial charge in [-0.3, -0.25) is 0 Å². The van der Waals surface area contributed by atoms with Crippen LogP contribution in [-0.2, 0) is 7.05 Å². The predicted molar refractivity (Wildman–Crippen MR) is 59.5 cm³/mol. The molecule has 0 radical (unpaired) electrons. The molecule has 1 N–H and O–H groups in total. The third-order valence-corrected chi connectivity index (χ3v) is 2.21. The molecule has 14 heavy (non-hydrogen) atoms. The highest BCUT2D eigenvalue weighted by Crippen LogP contribution is 2.05. The monoisotopic (exact) mass is 196 g/mol. The molecule has 0 amide bonds. The molecule has 1 aromatic heterocycles. The normalized spacial score (nSPS) is 13.2. The molecular weight excluding hydrogens is 176 g/mol. The Bertz CT molecular complexity index is 267. The lowest BCUT2D eigenvalue weighted by atomic mass is 10.2. The van der Waals surface area contributed by atoms with Gasteiger partial charge in [0.15, 0.2) is 0 Å². The van der Waals surface area contributed by atoms with Crippen molar-refractivity contribution in [2.24, 2.45) is 7.05 Å². The van der Waals surface area contributed by atoms with Crippen molar-refractivity contribution in [3.63, 3.8) is 0 Å². The van der Waals surface area contributed by atoms with E-state index >= 15 is 0 Å². The lowest BCUT2D eigenvalue weighted by Gasteiger charge is -2.17. The smallest absolute Gasteiger partial charge is 0.202 e. The van der Waals surface area contributed by atoms with Crippen molar-refractivity contribution in [2.45, 2.75) is 19.4 Å². The van der Waals surface area contributed by atoms with E-state index in [0.29, 0.717) is 6.04 Å². The molecule has 1 atom stereocenters. The van der Waals surface area contributed by atoms with Crippen LogP contribution in [0.3, 0.4) is 0 Å². The highest BCUT2D eigenvalue weighted by atomic mass is 15.2. The zero-order valence-electron chi connectivity index (χ0n) is 9.49. The molecule has 80 valence electrons. The molecule has 0 aliphatic rings. The maximum atomic E-state index is 4.22. The van der Waals surface area contributed by atoms with Crippen LogP contribution in [0.4, 0.5) is 5.95 Å². The van der Waals surface area contributed by atoms with Gasteiger partial charge in [-0.05, 0) is 34.0 Å². The van der Waals surface area contributed by atoms with Gasteiger partial charge in [-0.25, -0.2) is 4.98 Å². The van der Waals surface area contributed by atoms with E-state index in [9.17, 15) is 0 Å². The number of nitrogens with zero attached hydrogens (tertiary/aromatic N) is 3. The van der Waals surface area contributed by atoms with E-state index in [1.807, 2.05) is 17.8 Å². The van der Waals surface area contributed by atoms with Gasteiger partial charge in [-0.2, -0.15) is 0 Å². The zero-order valence-corrected chi connectivity index (χ0v) is 9.49. The number of aromatic nitrogens is 2. The summed E-state index contributed by atoms with van der Waals surface area (Å²) in [6, 6.07) is 0.457. The van der Waals surface area contributed by atoms with Crippen LogP contribution >= 0.6 is 0 Å². The molecule has 0 bridgehead atoms. The number of rotatable bonds is 5. The molecule has 0 aliphatic heterocycles. The van der Waals surface area contributed by atoms with Crippen LogP contribution in [0.25, 0.3) is 0 Å². The van der Waals surface area contributed by atoms with Crippen molar-refractivity contribution >= 4 is 5.95 Å². The van der Waals surface area contributed by atoms with Gasteiger partial charge >= 0.3 is 0 Å². The van der Waals surface area contributed by atoms with E-state index in [1.54, 1.807) is 6.20 Å². The lowest BCUT2D eigenvalue weighted by molar-refractivity contribution is 0.390. The summed E-state index contributed by atoms with van der Waals surface area (Å²) in [5.74, 6) is 0.941. The second-order valence-electron chi connectivity index (χ2n) is 4.00. The minimum atomic E-state index is 0.457. The Morgan fingerprint density at radius 3 is 2.79 bits per heavy atom. The largest absolute Gasteiger partial charge is 0.353 e. The average molecular weight is 196 g/mol. The number of hydrogen-bond donors (Lipinski definition) is 1. The fraction of sp³-hybridized carbons (Fsp3) is 0.700. The summed E-state index contributed by atoms with van der Waals surface area (Å²) >= 11 is 0. The SMILES string of the molecule is CC(CCN(C)C)Nc1nccn1C. The molecule has 0 spiro atoms. The molecule has 4 nitrogen and oxygen atoms in total. The fourth-order valence-electron chi connectivity index (χ4n) is 1.25. The van der Waals surface area contributed by atoms with Crippen molar-refractivity contribution in [3.8, 4) is 0 Å². The second-order valence-corrected chi connectivity index (χ2v) is 4.00. The highest BCUT2D eigenvalue weighted by molar-refractivity contribution is 5.26. The first-order valence-corrected chi connectivity index (χ1v) is 4.98. The molecule has 0 fully saturated rings. The predicted octanol–water partition coefficient (Wildman–Crippen LogP) is 1.17. The minimum absolute atomic E-state index is 0.457. The summed E-state index contributed by atoms with van der Waals surface area (Å²) < 4.78 is 1.99. The summed E-state index contributed by atoms with van der Waals surface area (Å²) in [6.07, 6.45) is 4.88. The quantitative estimate of drug-likeness (QED) is 0.767. The standard InChI is InChI=1S/C10H20N4/c1-9(5-7-13(2)3)12-10-11-6-8-14(10)4/h6,8-9H,5,7H2,1-4H3,(H,11,12). The molecule has 0 aromatic carbocycles. The Kier molecular flexibility index (Phi) is 3.95. The van der Waals surface area contributed by atoms with E-state index in [-0.39, 0.29) is 0 Å². The van der Waals surface area contributed by atoms with E-state index in [0.717, 1.165) is 18.9 Å². The first-order valence-electron chi connectivity index (χ1n) is 4.98. The Morgan fingerprint density at radius 2 is 2.29 bits per heavy atom. The number of hydrogen-bond acceptors (Lipinski definition) is 3. The number of aryl methyl sites for hydroxylation is 1. The second kappa shape index (κ2) is 5.00. The van der Waals surface area contributed by atoms with Crippen LogP contribution in [0.5, 0.6) is 0 Å². The third-order valence-electron chi connectivity index (χ3n) is 2.21. The summed E-state index contributed by atoms with van der Waals surface area (Å²) in [6.45, 7) is 3.27. The average Bonchev–Trinajstić information content (AvgIpc) is 2.49. The Hall–Kier alpha value is -1.03. The first-order chi connectivity index (χ1) is 6.59. The molecule has 1 rings (SSSR count). The van der Waals surface area contributed by atoms with Crippen LogP contribution in [0, 0.1) is 0 Å². The molecule has 1 unspecified atom stereocenters. The van der Waals surface area contributed by atoms with Gasteiger partial charge in [0, 0.05) is 25.5 Å². The minimum Gasteiger partial charge on any atom is -0.353 e. The van der Waals surface area contributed by atoms with E-state index in [4.69, 9.17) is 0 Å². The molecule has 1 heterocycles. The van der Waals surface area contributed by atoms with Crippen LogP contribution in [0.2, 0.25) is 0 Å². The van der Waals surface area contributed by atoms with Crippen molar-refractivity contribution < 1.29 is 0 Å². The molecule has 4 heteroatoms. The summed E-state index contributed by atoms with van der Waals surface area (Å²) in [4.78, 5) is 6.41. The van der Waals surface area contributed by atoms with Crippen LogP contribution in [0.1, 0.15) is 13.3 Å². The first kappa shape index (κ1) is 11.0. The lowest BCUT2D eigenvalue weighted by Crippen LogP contribution is -2.24. The van der Waals surface area contributed by atoms with Crippen molar-refractivity contribution in [1.29, 1.82) is 0 Å². The van der Waals surface area contributed by atoms with E-state index < -0.39 is 0 Å². The van der Waals surface area contributed by atoms with Crippen molar-refractivity contribution in [1.82, 2.24) is 14.5 Å². The van der Waals surface area contributed by atoms with E-state index in [1.165, 1.54) is 0 Å². The molecule has 0 saturated heterocycles. The van der Waals surface area contributed by atoms with Crippen molar-refractivity contribution in [3.05, 3.63) is 12.4 Å². The van der Waals surface area contributed by atoms with E-state index in [2.05, 4.69) is 36.2 Å². The van der Waals surface area contributed by atoms with Crippen LogP contribution in [-0.4, -0.2) is 41.1 Å². The third kappa shape index (κ3) is 3.38. The van der Waals surface area contributed by atoms with Gasteiger partial charge in [0.1, 0.15) is 0 Å². The Morgan fingerprint density at radius 1 is 1.57 bits per heavy atom. The molecular formula is C10H20N4. The fourth-order valence-corrected chi connectivity index (χ4v) is 1.25. The maximum Gasteiger partial charge on any atom is 0.202 e. The van der Waals surface area contributed by atoms with Gasteiger partial charge in [0.25, 0.3) is 0 Å². The van der Waals surface area contributed by atoms with Crippen LogP contribution < -0.4 is 5.32 Å². The Balaban J connectivity index is 2.34. The number of nitrogens with one attached hydrogen (secondary N) is 1. The molecule has 1 aromatic rings. The van der Waals surface area contributed by atoms with Gasteiger partial charge in [0.05, 0.1) is 0 Å². The zero-order chi connectivity index (χ0) is 10.6. The Labute approximate surface area is 85.9 Å². The van der Waals surface area contributed by atoms with Crippen molar-refractivity contribution in [2.75, 3.05) is 26.0 Å². The maximum absolute atomic E-state index is 4.22. The van der Waals surface area contributed by atoms with Gasteiger partial charge < -0.3 is 14.8 Å². The summed E-state index contributed by atoms with van der Waals surface area (Å²) in [7, 11) is 6.18. The number of anilines is 1. The number of imidazole rings is 1.